The number of nitrogens with one attached hydrogen (secondary N) is 1. The zero-order valence-electron chi connectivity index (χ0n) is 24.2. The molecule has 1 aromatic rings. The minimum atomic E-state index is -2.87. The molecular formula is C26H43N2O7PS2Si. The summed E-state index contributed by atoms with van der Waals surface area (Å²) in [6.45, 7) is 20.9. The Morgan fingerprint density at radius 2 is 2.08 bits per heavy atom. The van der Waals surface area contributed by atoms with Crippen LogP contribution in [0.4, 0.5) is 0 Å². The van der Waals surface area contributed by atoms with Gasteiger partial charge in [-0.3, -0.25) is 14.3 Å². The van der Waals surface area contributed by atoms with E-state index in [4.69, 9.17) is 30.0 Å². The Labute approximate surface area is 241 Å². The van der Waals surface area contributed by atoms with Crippen molar-refractivity contribution in [3.8, 4) is 0 Å². The van der Waals surface area contributed by atoms with Gasteiger partial charge in [0.25, 0.3) is 5.56 Å². The summed E-state index contributed by atoms with van der Waals surface area (Å²) in [5.74, 6) is 0.385. The fraction of sp³-hybridized carbons (Fsp3) is 0.769. The molecule has 3 fully saturated rings. The molecule has 9 nitrogen and oxygen atoms in total. The average Bonchev–Trinajstić information content (AvgIpc) is 3.25. The lowest BCUT2D eigenvalue weighted by atomic mass is 9.77. The van der Waals surface area contributed by atoms with E-state index in [1.807, 2.05) is 0 Å². The molecule has 1 saturated carbocycles. The molecule has 2 aliphatic heterocycles. The first-order valence-corrected chi connectivity index (χ1v) is 20.5. The highest BCUT2D eigenvalue weighted by atomic mass is 32.9. The number of allylic oxidation sites excluding steroid dienone is 1. The van der Waals surface area contributed by atoms with Crippen LogP contribution in [0.3, 0.4) is 0 Å². The predicted molar refractivity (Wildman–Crippen MR) is 161 cm³/mol. The molecule has 39 heavy (non-hydrogen) atoms. The van der Waals surface area contributed by atoms with E-state index in [0.717, 1.165) is 24.8 Å². The highest BCUT2D eigenvalue weighted by Crippen LogP contribution is 2.76. The van der Waals surface area contributed by atoms with Crippen LogP contribution in [0.2, 0.25) is 18.1 Å². The number of hydrogen-bond donors (Lipinski definition) is 2. The molecule has 3 aliphatic rings. The first-order chi connectivity index (χ1) is 17.9. The van der Waals surface area contributed by atoms with Crippen LogP contribution in [0.5, 0.6) is 0 Å². The van der Waals surface area contributed by atoms with Crippen LogP contribution in [0, 0.1) is 12.8 Å². The molecule has 1 aromatic heterocycles. The van der Waals surface area contributed by atoms with Crippen molar-refractivity contribution < 1.29 is 23.3 Å². The molecule has 1 aliphatic carbocycles. The van der Waals surface area contributed by atoms with Gasteiger partial charge in [0.05, 0.1) is 12.7 Å². The number of ether oxygens (including phenoxy) is 1. The van der Waals surface area contributed by atoms with E-state index >= 15 is 0 Å². The molecule has 0 radical (unpaired) electrons. The number of aromatic nitrogens is 2. The van der Waals surface area contributed by atoms with Crippen molar-refractivity contribution in [3.05, 3.63) is 44.8 Å². The van der Waals surface area contributed by atoms with Crippen molar-refractivity contribution in [2.24, 2.45) is 5.92 Å². The Morgan fingerprint density at radius 1 is 1.41 bits per heavy atom. The third-order valence-corrected chi connectivity index (χ3v) is 19.1. The summed E-state index contributed by atoms with van der Waals surface area (Å²) in [7, 11) is -2.17. The molecule has 0 aromatic carbocycles. The average molecular weight is 619 g/mol. The molecule has 0 spiro atoms. The van der Waals surface area contributed by atoms with Gasteiger partial charge in [-0.05, 0) is 75.9 Å². The second-order valence-electron chi connectivity index (χ2n) is 12.9. The fourth-order valence-corrected chi connectivity index (χ4v) is 13.6. The lowest BCUT2D eigenvalue weighted by Crippen LogP contribution is -2.45. The van der Waals surface area contributed by atoms with Gasteiger partial charge in [0.1, 0.15) is 18.3 Å². The monoisotopic (exact) mass is 618 g/mol. The zero-order chi connectivity index (χ0) is 29.1. The highest BCUT2D eigenvalue weighted by molar-refractivity contribution is 8.68. The van der Waals surface area contributed by atoms with Crippen molar-refractivity contribution in [1.29, 1.82) is 0 Å². The first kappa shape index (κ1) is 31.4. The van der Waals surface area contributed by atoms with Gasteiger partial charge in [-0.25, -0.2) is 4.79 Å². The van der Waals surface area contributed by atoms with Crippen LogP contribution in [-0.2, 0) is 30.0 Å². The van der Waals surface area contributed by atoms with E-state index in [2.05, 4.69) is 59.3 Å². The Hall–Kier alpha value is -0.563. The molecule has 2 N–H and O–H groups in total. The van der Waals surface area contributed by atoms with Gasteiger partial charge >= 0.3 is 5.69 Å². The van der Waals surface area contributed by atoms with E-state index in [1.165, 1.54) is 10.8 Å². The maximum absolute atomic E-state index is 12.7. The molecule has 8 atom stereocenters. The fourth-order valence-electron chi connectivity index (χ4n) is 5.08. The zero-order valence-corrected chi connectivity index (χ0v) is 27.7. The number of aliphatic hydroxyl groups is 1. The van der Waals surface area contributed by atoms with Crippen LogP contribution >= 0.6 is 17.1 Å². The van der Waals surface area contributed by atoms with E-state index in [0.29, 0.717) is 11.5 Å². The molecule has 2 saturated heterocycles. The largest absolute Gasteiger partial charge is 0.414 e. The summed E-state index contributed by atoms with van der Waals surface area (Å²) < 4.78 is 26.8. The van der Waals surface area contributed by atoms with Crippen LogP contribution in [0.25, 0.3) is 0 Å². The highest BCUT2D eigenvalue weighted by Gasteiger charge is 2.57. The molecular weight excluding hydrogens is 575 g/mol. The summed E-state index contributed by atoms with van der Waals surface area (Å²) in [5.41, 5.74) is -2.54. The molecule has 0 bridgehead atoms. The number of aryl methyl sites for hydroxylation is 1. The Balaban J connectivity index is 1.62. The summed E-state index contributed by atoms with van der Waals surface area (Å²) in [5, 5.41) is 11.5. The number of aromatic amines is 1. The molecule has 13 heteroatoms. The second kappa shape index (κ2) is 10.9. The van der Waals surface area contributed by atoms with Gasteiger partial charge in [-0.2, -0.15) is 0 Å². The van der Waals surface area contributed by atoms with Crippen molar-refractivity contribution >= 4 is 37.2 Å². The van der Waals surface area contributed by atoms with E-state index in [9.17, 15) is 14.7 Å². The molecule has 1 unspecified atom stereocenters. The Kier molecular flexibility index (Phi) is 8.79. The number of aliphatic hydroxyl groups excluding tert-OH is 1. The summed E-state index contributed by atoms with van der Waals surface area (Å²) in [6.07, 6.45) is 0.270. The summed E-state index contributed by atoms with van der Waals surface area (Å²) in [4.78, 5) is 27.0. The number of H-pyrrole nitrogens is 1. The predicted octanol–water partition coefficient (Wildman–Crippen LogP) is 5.00. The minimum absolute atomic E-state index is 0.0340. The topological polar surface area (TPSA) is 112 Å². The van der Waals surface area contributed by atoms with Gasteiger partial charge < -0.3 is 23.3 Å². The van der Waals surface area contributed by atoms with Crippen molar-refractivity contribution in [3.63, 3.8) is 0 Å². The Morgan fingerprint density at radius 3 is 2.69 bits per heavy atom. The maximum atomic E-state index is 12.7. The Bertz CT molecular complexity index is 1280. The van der Waals surface area contributed by atoms with Crippen LogP contribution in [-0.4, -0.2) is 58.7 Å². The molecule has 220 valence electrons. The maximum Gasteiger partial charge on any atom is 0.330 e. The van der Waals surface area contributed by atoms with Crippen LogP contribution in [0.1, 0.15) is 65.7 Å². The van der Waals surface area contributed by atoms with Crippen LogP contribution < -0.4 is 11.2 Å². The van der Waals surface area contributed by atoms with Crippen molar-refractivity contribution in [2.75, 3.05) is 6.61 Å². The van der Waals surface area contributed by atoms with Gasteiger partial charge in [0.15, 0.2) is 14.5 Å². The van der Waals surface area contributed by atoms with Crippen molar-refractivity contribution in [2.45, 2.75) is 114 Å². The van der Waals surface area contributed by atoms with Crippen LogP contribution in [0.15, 0.2) is 27.9 Å². The minimum Gasteiger partial charge on any atom is -0.414 e. The van der Waals surface area contributed by atoms with Gasteiger partial charge in [0.2, 0.25) is 5.69 Å². The SMILES string of the molecule is C=C(C)[C@H]1CC[C@@]2(C)SP(=S)(O[C@H]3[C@@H](O)[C@H](n4cc(C)c(=O)[nH]c4=O)O[C@@H]3CO[Si](C)(C)C(C)(C)C)O[C@@H]2C1. The number of fused-ring (bicyclic) bond motifs is 1. The molecule has 4 rings (SSSR count). The normalized spacial score (nSPS) is 37.2. The smallest absolute Gasteiger partial charge is 0.330 e. The van der Waals surface area contributed by atoms with Gasteiger partial charge in [0, 0.05) is 16.5 Å². The lowest BCUT2D eigenvalue weighted by molar-refractivity contribution is -0.0528. The standard InChI is InChI=1S/C26H43N2O7PS2Si/c1-15(2)17-10-11-26(7)19(12-17)34-36(37,38-26)35-21-18(14-32-39(8,9)25(4,5)6)33-23(20(21)29)28-13-16(3)22(30)27-24(28)31/h13,17-21,23,29H,1,10-12,14H2,2-9H3,(H,27,30,31)/t17-,18+,19+,20+,21+,23+,26+,36?/m0/s1. The second-order valence-corrected chi connectivity index (χ2v) is 24.3. The van der Waals surface area contributed by atoms with E-state index in [1.54, 1.807) is 18.3 Å². The van der Waals surface area contributed by atoms with E-state index in [-0.39, 0.29) is 22.5 Å². The van der Waals surface area contributed by atoms with Gasteiger partial charge in [-0.15, -0.1) is 0 Å². The number of nitrogens with zero attached hydrogens (tertiary/aromatic N) is 1. The third-order valence-electron chi connectivity index (χ3n) is 8.84. The molecule has 0 amide bonds. The van der Waals surface area contributed by atoms with E-state index < -0.39 is 49.8 Å². The van der Waals surface area contributed by atoms with Crippen molar-refractivity contribution in [1.82, 2.24) is 9.55 Å². The number of hydrogen-bond acceptors (Lipinski definition) is 9. The number of rotatable bonds is 7. The quantitative estimate of drug-likeness (QED) is 0.248. The third kappa shape index (κ3) is 6.29. The molecule has 3 heterocycles. The van der Waals surface area contributed by atoms with Gasteiger partial charge in [-0.1, -0.05) is 44.3 Å². The summed E-state index contributed by atoms with van der Waals surface area (Å²) in [6, 6.07) is 0. The summed E-state index contributed by atoms with van der Waals surface area (Å²) >= 11 is 7.60. The lowest BCUT2D eigenvalue weighted by Gasteiger charge is -2.37. The first-order valence-electron chi connectivity index (χ1n) is 13.5.